The molecule has 1 N–H and O–H groups in total. The normalized spacial score (nSPS) is 19.2. The number of carbonyl (C=O) groups excluding carboxylic acids is 1. The molecule has 0 saturated carbocycles. The van der Waals surface area contributed by atoms with Crippen molar-refractivity contribution in [3.05, 3.63) is 58.7 Å². The largest absolute Gasteiger partial charge is 0.476 e. The third-order valence-corrected chi connectivity index (χ3v) is 7.77. The van der Waals surface area contributed by atoms with Gasteiger partial charge in [-0.1, -0.05) is 45.0 Å². The number of hydrogen-bond donors (Lipinski definition) is 1. The number of carbonyl (C=O) groups is 1. The molecule has 0 fully saturated rings. The summed E-state index contributed by atoms with van der Waals surface area (Å²) in [5, 5.41) is 3.03. The topological polar surface area (TPSA) is 75.7 Å². The van der Waals surface area contributed by atoms with Gasteiger partial charge < -0.3 is 10.1 Å². The zero-order valence-corrected chi connectivity index (χ0v) is 21.0. The van der Waals surface area contributed by atoms with Crippen LogP contribution in [0.25, 0.3) is 0 Å². The van der Waals surface area contributed by atoms with Gasteiger partial charge in [0.15, 0.2) is 6.10 Å². The van der Waals surface area contributed by atoms with Crippen molar-refractivity contribution in [2.75, 3.05) is 17.1 Å². The van der Waals surface area contributed by atoms with Gasteiger partial charge in [-0.3, -0.25) is 9.10 Å². The van der Waals surface area contributed by atoms with E-state index in [0.29, 0.717) is 11.4 Å². The van der Waals surface area contributed by atoms with E-state index in [9.17, 15) is 13.2 Å². The van der Waals surface area contributed by atoms with Gasteiger partial charge in [0.2, 0.25) is 10.0 Å². The van der Waals surface area contributed by atoms with Crippen molar-refractivity contribution in [2.45, 2.75) is 70.9 Å². The van der Waals surface area contributed by atoms with E-state index in [1.54, 1.807) is 6.07 Å². The van der Waals surface area contributed by atoms with Gasteiger partial charge in [-0.15, -0.1) is 0 Å². The van der Waals surface area contributed by atoms with Gasteiger partial charge >= 0.3 is 0 Å². The highest BCUT2D eigenvalue weighted by Crippen LogP contribution is 2.38. The van der Waals surface area contributed by atoms with Crippen LogP contribution in [0.15, 0.2) is 36.4 Å². The fourth-order valence-corrected chi connectivity index (χ4v) is 5.49. The van der Waals surface area contributed by atoms with Crippen LogP contribution in [-0.4, -0.2) is 33.2 Å². The first-order chi connectivity index (χ1) is 15.4. The Labute approximate surface area is 197 Å². The van der Waals surface area contributed by atoms with E-state index < -0.39 is 16.1 Å². The molecule has 0 unspecified atom stereocenters. The summed E-state index contributed by atoms with van der Waals surface area (Å²) in [6, 6.07) is 11.8. The van der Waals surface area contributed by atoms with E-state index in [2.05, 4.69) is 44.3 Å². The lowest BCUT2D eigenvalue weighted by Crippen LogP contribution is -2.50. The molecule has 2 aliphatic rings. The van der Waals surface area contributed by atoms with Crippen molar-refractivity contribution < 1.29 is 17.9 Å². The number of nitrogens with one attached hydrogen (secondary N) is 1. The summed E-state index contributed by atoms with van der Waals surface area (Å²) in [6.07, 6.45) is 4.86. The molecule has 2 aromatic carbocycles. The number of aryl methyl sites for hydroxylation is 2. The highest BCUT2D eigenvalue weighted by molar-refractivity contribution is 7.92. The first-order valence-electron chi connectivity index (χ1n) is 11.6. The maximum absolute atomic E-state index is 13.1. The first kappa shape index (κ1) is 23.6. The lowest BCUT2D eigenvalue weighted by Gasteiger charge is -2.35. The molecule has 33 heavy (non-hydrogen) atoms. The molecule has 7 heteroatoms. The van der Waals surface area contributed by atoms with Gasteiger partial charge in [0.1, 0.15) is 5.75 Å². The second-order valence-corrected chi connectivity index (χ2v) is 12.2. The van der Waals surface area contributed by atoms with Crippen molar-refractivity contribution in [1.82, 2.24) is 5.32 Å². The van der Waals surface area contributed by atoms with Gasteiger partial charge in [-0.2, -0.15) is 0 Å². The van der Waals surface area contributed by atoms with Crippen LogP contribution in [0, 0.1) is 0 Å². The van der Waals surface area contributed by atoms with Crippen molar-refractivity contribution in [1.29, 1.82) is 0 Å². The molecule has 0 saturated heterocycles. The third-order valence-electron chi connectivity index (χ3n) is 6.62. The van der Waals surface area contributed by atoms with Crippen LogP contribution in [-0.2, 0) is 33.1 Å². The number of anilines is 1. The third kappa shape index (κ3) is 5.03. The molecule has 1 aliphatic carbocycles. The van der Waals surface area contributed by atoms with E-state index in [-0.39, 0.29) is 23.9 Å². The van der Waals surface area contributed by atoms with Crippen molar-refractivity contribution >= 4 is 21.6 Å². The molecule has 6 nitrogen and oxygen atoms in total. The standard InChI is InChI=1S/C26H34N2O4S/c1-17(19-11-10-18-8-6-7-9-20(18)14-19)27-25(29)24-16-28(33(5,30)31)22-15-21(26(2,3)4)12-13-23(22)32-24/h10-15,17,24H,6-9,16H2,1-5H3,(H,27,29)/t17-,24-/m1/s1. The minimum Gasteiger partial charge on any atom is -0.476 e. The molecule has 0 bridgehead atoms. The molecule has 1 aliphatic heterocycles. The maximum atomic E-state index is 13.1. The van der Waals surface area contributed by atoms with Crippen LogP contribution >= 0.6 is 0 Å². The van der Waals surface area contributed by atoms with Crippen LogP contribution in [0.2, 0.25) is 0 Å². The summed E-state index contributed by atoms with van der Waals surface area (Å²) in [7, 11) is -3.59. The van der Waals surface area contributed by atoms with E-state index in [4.69, 9.17) is 4.74 Å². The van der Waals surface area contributed by atoms with Crippen molar-refractivity contribution in [3.63, 3.8) is 0 Å². The summed E-state index contributed by atoms with van der Waals surface area (Å²) in [5.41, 5.74) is 5.15. The summed E-state index contributed by atoms with van der Waals surface area (Å²) < 4.78 is 32.5. The fourth-order valence-electron chi connectivity index (χ4n) is 4.58. The second-order valence-electron chi connectivity index (χ2n) is 10.3. The van der Waals surface area contributed by atoms with E-state index in [1.165, 1.54) is 28.3 Å². The predicted molar refractivity (Wildman–Crippen MR) is 131 cm³/mol. The minimum absolute atomic E-state index is 0.0534. The minimum atomic E-state index is -3.59. The Hall–Kier alpha value is -2.54. The van der Waals surface area contributed by atoms with Gasteiger partial charge in [0.05, 0.1) is 24.5 Å². The van der Waals surface area contributed by atoms with Crippen molar-refractivity contribution in [3.8, 4) is 5.75 Å². The molecule has 0 spiro atoms. The number of benzene rings is 2. The number of nitrogens with zero attached hydrogens (tertiary/aromatic N) is 1. The Morgan fingerprint density at radius 3 is 2.45 bits per heavy atom. The zero-order valence-electron chi connectivity index (χ0n) is 20.1. The van der Waals surface area contributed by atoms with Crippen LogP contribution < -0.4 is 14.4 Å². The van der Waals surface area contributed by atoms with Crippen LogP contribution in [0.5, 0.6) is 5.75 Å². The quantitative estimate of drug-likeness (QED) is 0.724. The summed E-state index contributed by atoms with van der Waals surface area (Å²) in [4.78, 5) is 13.1. The molecule has 2 aromatic rings. The molecule has 4 rings (SSSR count). The summed E-state index contributed by atoms with van der Waals surface area (Å²) in [5.74, 6) is 0.0840. The van der Waals surface area contributed by atoms with Crippen molar-refractivity contribution in [2.24, 2.45) is 0 Å². The van der Waals surface area contributed by atoms with Crippen LogP contribution in [0.3, 0.4) is 0 Å². The van der Waals surface area contributed by atoms with Gasteiger partial charge in [-0.25, -0.2) is 8.42 Å². The van der Waals surface area contributed by atoms with Gasteiger partial charge in [0.25, 0.3) is 5.91 Å². The molecule has 178 valence electrons. The SMILES string of the molecule is C[C@@H](NC(=O)[C@H]1CN(S(C)(=O)=O)c2cc(C(C)(C)C)ccc2O1)c1ccc2c(c1)CCCC2. The summed E-state index contributed by atoms with van der Waals surface area (Å²) >= 11 is 0. The first-order valence-corrected chi connectivity index (χ1v) is 13.5. The molecule has 0 aromatic heterocycles. The molecule has 0 radical (unpaired) electrons. The van der Waals surface area contributed by atoms with Crippen LogP contribution in [0.4, 0.5) is 5.69 Å². The molecule has 1 heterocycles. The average Bonchev–Trinajstić information content (AvgIpc) is 2.76. The molecule has 1 amide bonds. The highest BCUT2D eigenvalue weighted by Gasteiger charge is 2.36. The van der Waals surface area contributed by atoms with E-state index >= 15 is 0 Å². The Morgan fingerprint density at radius 2 is 1.79 bits per heavy atom. The Bertz CT molecular complexity index is 1170. The Morgan fingerprint density at radius 1 is 1.09 bits per heavy atom. The molecular weight excluding hydrogens is 436 g/mol. The zero-order chi connectivity index (χ0) is 24.0. The lowest BCUT2D eigenvalue weighted by molar-refractivity contribution is -0.128. The Kier molecular flexibility index (Phi) is 6.20. The monoisotopic (exact) mass is 470 g/mol. The smallest absolute Gasteiger partial charge is 0.263 e. The predicted octanol–water partition coefficient (Wildman–Crippen LogP) is 4.27. The van der Waals surface area contributed by atoms with Gasteiger partial charge in [-0.05, 0) is 72.4 Å². The number of hydrogen-bond acceptors (Lipinski definition) is 4. The fraction of sp³-hybridized carbons (Fsp3) is 0.500. The molecule has 2 atom stereocenters. The van der Waals surface area contributed by atoms with E-state index in [1.807, 2.05) is 19.1 Å². The average molecular weight is 471 g/mol. The van der Waals surface area contributed by atoms with Gasteiger partial charge in [0, 0.05) is 0 Å². The summed E-state index contributed by atoms with van der Waals surface area (Å²) in [6.45, 7) is 8.11. The number of sulfonamides is 1. The number of fused-ring (bicyclic) bond motifs is 2. The lowest BCUT2D eigenvalue weighted by atomic mass is 9.86. The molecular formula is C26H34N2O4S. The Balaban J connectivity index is 1.55. The maximum Gasteiger partial charge on any atom is 0.263 e. The number of ether oxygens (including phenoxy) is 1. The second kappa shape index (κ2) is 8.67. The van der Waals surface area contributed by atoms with Crippen LogP contribution in [0.1, 0.15) is 68.8 Å². The van der Waals surface area contributed by atoms with E-state index in [0.717, 1.165) is 30.2 Å². The highest BCUT2D eigenvalue weighted by atomic mass is 32.2. The number of amides is 1. The number of rotatable bonds is 4.